The predicted molar refractivity (Wildman–Crippen MR) is 85.3 cm³/mol. The predicted octanol–water partition coefficient (Wildman–Crippen LogP) is 2.61. The van der Waals surface area contributed by atoms with Crippen LogP contribution in [0.15, 0.2) is 27.0 Å². The van der Waals surface area contributed by atoms with E-state index in [2.05, 4.69) is 25.6 Å². The van der Waals surface area contributed by atoms with Crippen molar-refractivity contribution in [3.05, 3.63) is 27.7 Å². The van der Waals surface area contributed by atoms with E-state index in [1.54, 1.807) is 6.07 Å². The Kier molecular flexibility index (Phi) is 3.80. The summed E-state index contributed by atoms with van der Waals surface area (Å²) < 4.78 is 33.8. The average Bonchev–Trinajstić information content (AvgIpc) is 2.82. The molecule has 6 nitrogen and oxygen atoms in total. The van der Waals surface area contributed by atoms with Crippen molar-refractivity contribution in [1.82, 2.24) is 4.98 Å². The van der Waals surface area contributed by atoms with E-state index in [4.69, 9.17) is 10.5 Å². The molecule has 9 heteroatoms. The van der Waals surface area contributed by atoms with E-state index in [1.807, 2.05) is 0 Å². The van der Waals surface area contributed by atoms with Crippen LogP contribution in [-0.4, -0.2) is 20.0 Å². The van der Waals surface area contributed by atoms with E-state index in [0.29, 0.717) is 18.0 Å². The number of fused-ring (bicyclic) bond motifs is 1. The number of halogens is 1. The number of aromatic nitrogens is 1. The van der Waals surface area contributed by atoms with Gasteiger partial charge in [0.25, 0.3) is 10.0 Å². The summed E-state index contributed by atoms with van der Waals surface area (Å²) in [5.41, 5.74) is 7.03. The first-order valence-corrected chi connectivity index (χ1v) is 9.24. The number of nitrogen functional groups attached to an aromatic ring is 1. The van der Waals surface area contributed by atoms with Crippen LogP contribution in [0.25, 0.3) is 0 Å². The Balaban J connectivity index is 2.04. The van der Waals surface area contributed by atoms with Crippen LogP contribution in [0.2, 0.25) is 0 Å². The normalized spacial score (nSPS) is 14.3. The van der Waals surface area contributed by atoms with Crippen molar-refractivity contribution in [1.29, 1.82) is 0 Å². The van der Waals surface area contributed by atoms with E-state index in [-0.39, 0.29) is 10.0 Å². The molecular formula is C12H12BrN3O3S2. The molecule has 0 radical (unpaired) electrons. The first-order valence-electron chi connectivity index (χ1n) is 6.15. The van der Waals surface area contributed by atoms with Gasteiger partial charge in [-0.2, -0.15) is 0 Å². The second-order valence-corrected chi connectivity index (χ2v) is 8.60. The number of nitrogens with two attached hydrogens (primary N) is 1. The maximum atomic E-state index is 12.5. The molecule has 0 unspecified atom stereocenters. The number of nitrogens with one attached hydrogen (secondary N) is 1. The van der Waals surface area contributed by atoms with Gasteiger partial charge in [0.1, 0.15) is 10.6 Å². The minimum atomic E-state index is -3.79. The summed E-state index contributed by atoms with van der Waals surface area (Å²) in [6.45, 7) is 0.502. The summed E-state index contributed by atoms with van der Waals surface area (Å²) >= 11 is 4.44. The van der Waals surface area contributed by atoms with Crippen molar-refractivity contribution in [3.8, 4) is 5.75 Å². The highest BCUT2D eigenvalue weighted by atomic mass is 79.9. The number of aryl methyl sites for hydroxylation is 1. The fourth-order valence-corrected chi connectivity index (χ4v) is 4.71. The molecule has 0 bridgehead atoms. The molecule has 21 heavy (non-hydrogen) atoms. The molecule has 2 heterocycles. The van der Waals surface area contributed by atoms with Crippen molar-refractivity contribution >= 4 is 48.1 Å². The lowest BCUT2D eigenvalue weighted by Gasteiger charge is -2.21. The fraction of sp³-hybridized carbons (Fsp3) is 0.250. The Morgan fingerprint density at radius 3 is 2.95 bits per heavy atom. The van der Waals surface area contributed by atoms with E-state index in [0.717, 1.165) is 22.2 Å². The van der Waals surface area contributed by atoms with Gasteiger partial charge in [0.2, 0.25) is 0 Å². The molecule has 1 aromatic carbocycles. The highest BCUT2D eigenvalue weighted by Gasteiger charge is 2.26. The van der Waals surface area contributed by atoms with Gasteiger partial charge < -0.3 is 10.5 Å². The van der Waals surface area contributed by atoms with Gasteiger partial charge in [-0.15, -0.1) is 0 Å². The summed E-state index contributed by atoms with van der Waals surface area (Å²) in [4.78, 5) is 4.03. The molecule has 2 aromatic rings. The Labute approximate surface area is 134 Å². The Bertz CT molecular complexity index is 789. The molecule has 3 rings (SSSR count). The summed E-state index contributed by atoms with van der Waals surface area (Å²) in [6.07, 6.45) is 3.14. The van der Waals surface area contributed by atoms with Gasteiger partial charge in [-0.05, 0) is 46.5 Å². The topological polar surface area (TPSA) is 94.3 Å². The molecule has 112 valence electrons. The van der Waals surface area contributed by atoms with Gasteiger partial charge in [0.05, 0.1) is 16.6 Å². The van der Waals surface area contributed by atoms with Crippen LogP contribution in [-0.2, 0) is 16.4 Å². The quantitative estimate of drug-likeness (QED) is 0.786. The second kappa shape index (κ2) is 5.47. The van der Waals surface area contributed by atoms with Crippen molar-refractivity contribution in [2.45, 2.75) is 17.7 Å². The molecule has 3 N–H and O–H groups in total. The average molecular weight is 390 g/mol. The third-order valence-corrected chi connectivity index (χ3v) is 5.84. The highest BCUT2D eigenvalue weighted by Crippen LogP contribution is 2.36. The molecule has 1 aliphatic heterocycles. The maximum absolute atomic E-state index is 12.5. The number of ether oxygens (including phenoxy) is 1. The van der Waals surface area contributed by atoms with Gasteiger partial charge in [0.15, 0.2) is 5.13 Å². The Hall–Kier alpha value is -1.32. The van der Waals surface area contributed by atoms with Crippen LogP contribution in [0.5, 0.6) is 5.75 Å². The SMILES string of the molecule is Nc1cc2c(c(S(=O)(=O)Nc3ncc(Br)s3)c1)OCCC2. The van der Waals surface area contributed by atoms with Crippen LogP contribution in [0.3, 0.4) is 0 Å². The van der Waals surface area contributed by atoms with Crippen LogP contribution >= 0.6 is 27.3 Å². The first-order chi connectivity index (χ1) is 9.95. The molecule has 1 aromatic heterocycles. The molecule has 0 spiro atoms. The summed E-state index contributed by atoms with van der Waals surface area (Å²) in [7, 11) is -3.79. The Morgan fingerprint density at radius 2 is 2.24 bits per heavy atom. The first kappa shape index (κ1) is 14.6. The monoisotopic (exact) mass is 389 g/mol. The van der Waals surface area contributed by atoms with Crippen molar-refractivity contribution in [3.63, 3.8) is 0 Å². The van der Waals surface area contributed by atoms with Gasteiger partial charge >= 0.3 is 0 Å². The molecule has 0 saturated heterocycles. The number of hydrogen-bond donors (Lipinski definition) is 2. The molecule has 1 aliphatic rings. The van der Waals surface area contributed by atoms with Crippen molar-refractivity contribution < 1.29 is 13.2 Å². The van der Waals surface area contributed by atoms with E-state index < -0.39 is 10.0 Å². The number of nitrogens with zero attached hydrogens (tertiary/aromatic N) is 1. The van der Waals surface area contributed by atoms with Crippen LogP contribution in [0, 0.1) is 0 Å². The molecule has 0 amide bonds. The summed E-state index contributed by atoms with van der Waals surface area (Å²) in [5, 5.41) is 0.286. The van der Waals surface area contributed by atoms with E-state index in [9.17, 15) is 8.42 Å². The zero-order chi connectivity index (χ0) is 15.0. The zero-order valence-corrected chi connectivity index (χ0v) is 14.0. The zero-order valence-electron chi connectivity index (χ0n) is 10.8. The smallest absolute Gasteiger partial charge is 0.267 e. The molecule has 0 fully saturated rings. The standard InChI is InChI=1S/C12H12BrN3O3S2/c13-10-6-15-12(20-10)16-21(17,18)9-5-8(14)4-7-2-1-3-19-11(7)9/h4-6H,1-3,14H2,(H,15,16). The van der Waals surface area contributed by atoms with Gasteiger partial charge in [-0.25, -0.2) is 13.4 Å². The summed E-state index contributed by atoms with van der Waals surface area (Å²) in [6, 6.07) is 3.17. The van der Waals surface area contributed by atoms with E-state index in [1.165, 1.54) is 23.6 Å². The molecular weight excluding hydrogens is 378 g/mol. The maximum Gasteiger partial charge on any atom is 0.267 e. The van der Waals surface area contributed by atoms with Crippen molar-refractivity contribution in [2.75, 3.05) is 17.1 Å². The van der Waals surface area contributed by atoms with Crippen LogP contribution in [0.4, 0.5) is 10.8 Å². The van der Waals surface area contributed by atoms with Gasteiger partial charge in [0, 0.05) is 5.69 Å². The lowest BCUT2D eigenvalue weighted by atomic mass is 10.1. The van der Waals surface area contributed by atoms with Crippen LogP contribution in [0.1, 0.15) is 12.0 Å². The molecule has 0 aliphatic carbocycles. The van der Waals surface area contributed by atoms with Crippen LogP contribution < -0.4 is 15.2 Å². The largest absolute Gasteiger partial charge is 0.492 e. The third-order valence-electron chi connectivity index (χ3n) is 2.98. The summed E-state index contributed by atoms with van der Waals surface area (Å²) in [5.74, 6) is 0.388. The minimum Gasteiger partial charge on any atom is -0.492 e. The number of benzene rings is 1. The van der Waals surface area contributed by atoms with Crippen molar-refractivity contribution in [2.24, 2.45) is 0 Å². The minimum absolute atomic E-state index is 0.0588. The van der Waals surface area contributed by atoms with Gasteiger partial charge in [-0.3, -0.25) is 4.72 Å². The second-order valence-electron chi connectivity index (χ2n) is 4.53. The number of rotatable bonds is 3. The highest BCUT2D eigenvalue weighted by molar-refractivity contribution is 9.11. The lowest BCUT2D eigenvalue weighted by molar-refractivity contribution is 0.280. The lowest BCUT2D eigenvalue weighted by Crippen LogP contribution is -2.18. The third kappa shape index (κ3) is 2.99. The van der Waals surface area contributed by atoms with E-state index >= 15 is 0 Å². The van der Waals surface area contributed by atoms with Gasteiger partial charge in [-0.1, -0.05) is 11.3 Å². The molecule has 0 saturated carbocycles. The number of anilines is 2. The molecule has 0 atom stereocenters. The Morgan fingerprint density at radius 1 is 1.43 bits per heavy atom. The number of sulfonamides is 1. The number of hydrogen-bond acceptors (Lipinski definition) is 6. The fourth-order valence-electron chi connectivity index (χ4n) is 2.14. The number of thiazole rings is 1.